The van der Waals surface area contributed by atoms with Crippen LogP contribution in [0.1, 0.15) is 65.0 Å². The van der Waals surface area contributed by atoms with E-state index in [0.717, 1.165) is 31.0 Å². The molecule has 0 spiro atoms. The van der Waals surface area contributed by atoms with Gasteiger partial charge in [0.05, 0.1) is 17.6 Å². The van der Waals surface area contributed by atoms with Crippen LogP contribution < -0.4 is 10.5 Å². The molecule has 3 N–H and O–H groups in total. The molecule has 0 saturated heterocycles. The molecule has 0 aliphatic heterocycles. The summed E-state index contributed by atoms with van der Waals surface area (Å²) in [6, 6.07) is 5.46. The normalized spacial score (nSPS) is 16.3. The summed E-state index contributed by atoms with van der Waals surface area (Å²) in [4.78, 5) is 4.73. The molecule has 2 rings (SSSR count). The standard InChI is InChI=1S/C25H43F3N4O3SSi/c1-17(29)18-10-11-19-21(14-18)32(16-34-12-13-37(7,8)9)22(30-19)20(31-36(33)23(2,3)4)15-35-24(5,6)25(26,27)28/h10-11,14,17,20,31H,12-13,15-16,29H2,1-9H3/t17-,20+,36?/m1/s1. The van der Waals surface area contributed by atoms with Crippen LogP contribution in [0, 0.1) is 0 Å². The monoisotopic (exact) mass is 564 g/mol. The van der Waals surface area contributed by atoms with E-state index in [1.807, 2.05) is 29.7 Å². The van der Waals surface area contributed by atoms with Crippen LogP contribution >= 0.6 is 0 Å². The molecule has 0 saturated carbocycles. The first-order valence-corrected chi connectivity index (χ1v) is 17.3. The number of ether oxygens (including phenoxy) is 2. The Labute approximate surface area is 223 Å². The summed E-state index contributed by atoms with van der Waals surface area (Å²) in [7, 11) is -1.33. The average molecular weight is 565 g/mol. The Morgan fingerprint density at radius 1 is 1.16 bits per heavy atom. The predicted molar refractivity (Wildman–Crippen MR) is 146 cm³/mol. The number of hydrogen-bond acceptors (Lipinski definition) is 6. The van der Waals surface area contributed by atoms with E-state index < -0.39 is 48.6 Å². The lowest BCUT2D eigenvalue weighted by atomic mass is 10.1. The Hall–Kier alpha value is -1.15. The van der Waals surface area contributed by atoms with Gasteiger partial charge in [-0.15, -0.1) is 4.72 Å². The fraction of sp³-hybridized carbons (Fsp3) is 0.720. The van der Waals surface area contributed by atoms with Crippen molar-refractivity contribution in [2.45, 2.75) is 103 Å². The van der Waals surface area contributed by atoms with Crippen LogP contribution in [0.15, 0.2) is 18.2 Å². The molecule has 7 nitrogen and oxygen atoms in total. The van der Waals surface area contributed by atoms with Crippen molar-refractivity contribution < 1.29 is 27.2 Å². The number of nitrogens with zero attached hydrogens (tertiary/aromatic N) is 2. The largest absolute Gasteiger partial charge is 0.598 e. The number of nitrogens with two attached hydrogens (primary N) is 1. The SMILES string of the molecule is C[C@@H](N)c1ccc2nc([C@H](COC(C)(C)C(F)(F)F)N[S+]([O-])C(C)(C)C)n(COCC[Si](C)(C)C)c2c1. The van der Waals surface area contributed by atoms with Crippen LogP contribution in [0.25, 0.3) is 11.0 Å². The van der Waals surface area contributed by atoms with E-state index in [9.17, 15) is 17.7 Å². The average Bonchev–Trinajstić information content (AvgIpc) is 3.09. The Kier molecular flexibility index (Phi) is 10.3. The van der Waals surface area contributed by atoms with Gasteiger partial charge in [-0.1, -0.05) is 25.7 Å². The summed E-state index contributed by atoms with van der Waals surface area (Å²) < 4.78 is 69.2. The zero-order chi connectivity index (χ0) is 28.4. The van der Waals surface area contributed by atoms with Crippen LogP contribution in [0.3, 0.4) is 0 Å². The second kappa shape index (κ2) is 11.9. The number of imidazole rings is 1. The molecule has 1 aromatic heterocycles. The second-order valence-electron chi connectivity index (χ2n) is 12.2. The Morgan fingerprint density at radius 3 is 2.30 bits per heavy atom. The van der Waals surface area contributed by atoms with Gasteiger partial charge in [0.2, 0.25) is 0 Å². The molecule has 0 aliphatic rings. The fourth-order valence-corrected chi connectivity index (χ4v) is 4.76. The number of halogens is 3. The summed E-state index contributed by atoms with van der Waals surface area (Å²) in [5, 5.41) is 0. The molecule has 0 fully saturated rings. The smallest absolute Gasteiger partial charge is 0.416 e. The maximum atomic E-state index is 13.6. The summed E-state index contributed by atoms with van der Waals surface area (Å²) in [6.07, 6.45) is -4.58. The van der Waals surface area contributed by atoms with Gasteiger partial charge in [0.25, 0.3) is 0 Å². The van der Waals surface area contributed by atoms with Crippen molar-refractivity contribution in [3.63, 3.8) is 0 Å². The molecule has 1 aromatic carbocycles. The molecule has 12 heteroatoms. The number of aromatic nitrogens is 2. The minimum atomic E-state index is -4.58. The van der Waals surface area contributed by atoms with Crippen molar-refractivity contribution in [3.05, 3.63) is 29.6 Å². The minimum absolute atomic E-state index is 0.141. The lowest BCUT2D eigenvalue weighted by Gasteiger charge is -2.32. The third kappa shape index (κ3) is 8.94. The summed E-state index contributed by atoms with van der Waals surface area (Å²) >= 11 is -1.60. The highest BCUT2D eigenvalue weighted by Crippen LogP contribution is 2.34. The summed E-state index contributed by atoms with van der Waals surface area (Å²) in [6.45, 7) is 16.2. The van der Waals surface area contributed by atoms with E-state index in [1.165, 1.54) is 0 Å². The highest BCUT2D eigenvalue weighted by atomic mass is 32.2. The molecule has 2 aromatic rings. The molecule has 0 radical (unpaired) electrons. The van der Waals surface area contributed by atoms with Crippen LogP contribution in [0.5, 0.6) is 0 Å². The van der Waals surface area contributed by atoms with Gasteiger partial charge in [-0.05, 0) is 65.3 Å². The van der Waals surface area contributed by atoms with E-state index in [-0.39, 0.29) is 12.8 Å². The van der Waals surface area contributed by atoms with Crippen molar-refractivity contribution in [1.29, 1.82) is 0 Å². The Morgan fingerprint density at radius 2 is 1.78 bits per heavy atom. The van der Waals surface area contributed by atoms with Gasteiger partial charge < -0.3 is 24.3 Å². The van der Waals surface area contributed by atoms with Crippen molar-refractivity contribution in [1.82, 2.24) is 14.3 Å². The molecule has 0 amide bonds. The molecule has 0 aliphatic carbocycles. The minimum Gasteiger partial charge on any atom is -0.598 e. The molecule has 212 valence electrons. The van der Waals surface area contributed by atoms with Crippen LogP contribution in [-0.4, -0.2) is 51.9 Å². The third-order valence-electron chi connectivity index (χ3n) is 5.96. The third-order valence-corrected chi connectivity index (χ3v) is 9.27. The van der Waals surface area contributed by atoms with Gasteiger partial charge in [0, 0.05) is 32.1 Å². The van der Waals surface area contributed by atoms with Gasteiger partial charge in [-0.3, -0.25) is 0 Å². The van der Waals surface area contributed by atoms with Gasteiger partial charge in [-0.25, -0.2) is 4.98 Å². The lowest BCUT2D eigenvalue weighted by molar-refractivity contribution is -0.265. The highest BCUT2D eigenvalue weighted by molar-refractivity contribution is 7.90. The van der Waals surface area contributed by atoms with E-state index >= 15 is 0 Å². The lowest BCUT2D eigenvalue weighted by Crippen LogP contribution is -2.47. The molecular weight excluding hydrogens is 521 g/mol. The number of nitrogens with one attached hydrogen (secondary N) is 1. The number of alkyl halides is 3. The number of rotatable bonds is 12. The van der Waals surface area contributed by atoms with E-state index in [0.29, 0.717) is 17.9 Å². The topological polar surface area (TPSA) is 97.4 Å². The van der Waals surface area contributed by atoms with Crippen molar-refractivity contribution in [3.8, 4) is 0 Å². The quantitative estimate of drug-likeness (QED) is 0.192. The van der Waals surface area contributed by atoms with Gasteiger partial charge in [0.15, 0.2) is 5.60 Å². The number of benzene rings is 1. The maximum Gasteiger partial charge on any atom is 0.416 e. The van der Waals surface area contributed by atoms with Gasteiger partial charge >= 0.3 is 6.18 Å². The first-order chi connectivity index (χ1) is 16.7. The van der Waals surface area contributed by atoms with E-state index in [4.69, 9.17) is 20.2 Å². The van der Waals surface area contributed by atoms with Gasteiger partial charge in [-0.2, -0.15) is 13.2 Å². The number of fused-ring (bicyclic) bond motifs is 1. The molecular formula is C25H43F3N4O3SSi. The zero-order valence-corrected chi connectivity index (χ0v) is 25.3. The highest BCUT2D eigenvalue weighted by Gasteiger charge is 2.49. The van der Waals surface area contributed by atoms with Crippen LogP contribution in [-0.2, 0) is 27.6 Å². The Bertz CT molecular complexity index is 1030. The van der Waals surface area contributed by atoms with Gasteiger partial charge in [0.1, 0.15) is 23.3 Å². The Balaban J connectivity index is 2.54. The second-order valence-corrected chi connectivity index (χ2v) is 19.8. The van der Waals surface area contributed by atoms with Crippen LogP contribution in [0.4, 0.5) is 13.2 Å². The van der Waals surface area contributed by atoms with Crippen molar-refractivity contribution >= 4 is 30.5 Å². The molecule has 3 atom stereocenters. The van der Waals surface area contributed by atoms with Crippen molar-refractivity contribution in [2.24, 2.45) is 5.73 Å². The first-order valence-electron chi connectivity index (χ1n) is 12.4. The van der Waals surface area contributed by atoms with Crippen LogP contribution in [0.2, 0.25) is 25.7 Å². The predicted octanol–water partition coefficient (Wildman–Crippen LogP) is 5.82. The zero-order valence-electron chi connectivity index (χ0n) is 23.5. The summed E-state index contributed by atoms with van der Waals surface area (Å²) in [5.41, 5.74) is 5.97. The molecule has 1 unspecified atom stereocenters. The number of hydrogen-bond donors (Lipinski definition) is 2. The first kappa shape index (κ1) is 32.1. The molecule has 37 heavy (non-hydrogen) atoms. The van der Waals surface area contributed by atoms with Crippen molar-refractivity contribution in [2.75, 3.05) is 13.2 Å². The van der Waals surface area contributed by atoms with E-state index in [1.54, 1.807) is 20.8 Å². The molecule has 1 heterocycles. The fourth-order valence-electron chi connectivity index (χ4n) is 3.22. The maximum absolute atomic E-state index is 13.6. The summed E-state index contributed by atoms with van der Waals surface area (Å²) in [5.74, 6) is 0.389. The van der Waals surface area contributed by atoms with E-state index in [2.05, 4.69) is 24.4 Å². The molecule has 0 bridgehead atoms.